The minimum atomic E-state index is -0.505. The Morgan fingerprint density at radius 2 is 1.84 bits per heavy atom. The summed E-state index contributed by atoms with van der Waals surface area (Å²) in [6, 6.07) is 0. The fourth-order valence-corrected chi connectivity index (χ4v) is 1.65. The van der Waals surface area contributed by atoms with Gasteiger partial charge in [0.1, 0.15) is 11.4 Å². The monoisotopic (exact) mass is 260 g/mol. The summed E-state index contributed by atoms with van der Waals surface area (Å²) in [5.74, 6) is -1.32. The summed E-state index contributed by atoms with van der Waals surface area (Å²) in [5.41, 5.74) is -0.0851. The van der Waals surface area contributed by atoms with Gasteiger partial charge in [-0.15, -0.1) is 0 Å². The molecule has 7 nitrogen and oxygen atoms in total. The second-order valence-electron chi connectivity index (χ2n) is 4.29. The van der Waals surface area contributed by atoms with Crippen LogP contribution in [-0.2, 0) is 4.79 Å². The molecule has 0 radical (unpaired) electrons. The van der Waals surface area contributed by atoms with Crippen LogP contribution < -0.4 is 5.32 Å². The zero-order chi connectivity index (χ0) is 14.0. The van der Waals surface area contributed by atoms with Crippen molar-refractivity contribution in [3.8, 4) is 0 Å². The average molecular weight is 260 g/mol. The number of fused-ring (bicyclic) bond motifs is 1. The Bertz CT molecular complexity index is 592. The quantitative estimate of drug-likeness (QED) is 0.781. The average Bonchev–Trinajstić information content (AvgIpc) is 2.34. The fourth-order valence-electron chi connectivity index (χ4n) is 1.65. The van der Waals surface area contributed by atoms with Gasteiger partial charge in [0, 0.05) is 18.5 Å². The number of allylic oxidation sites excluding steroid dienone is 2. The summed E-state index contributed by atoms with van der Waals surface area (Å²) in [4.78, 5) is 44.7. The molecule has 0 spiro atoms. The van der Waals surface area contributed by atoms with Gasteiger partial charge in [-0.3, -0.25) is 14.4 Å². The van der Waals surface area contributed by atoms with Crippen LogP contribution in [0.3, 0.4) is 0 Å². The molecule has 0 aliphatic heterocycles. The second-order valence-corrected chi connectivity index (χ2v) is 4.29. The summed E-state index contributed by atoms with van der Waals surface area (Å²) in [6.45, 7) is 0.117. The molecule has 0 fully saturated rings. The van der Waals surface area contributed by atoms with E-state index in [1.807, 2.05) is 0 Å². The molecule has 0 saturated carbocycles. The fraction of sp³-hybridized carbons (Fsp3) is 0.250. The lowest BCUT2D eigenvalue weighted by Crippen LogP contribution is -2.37. The first-order chi connectivity index (χ1) is 8.99. The molecule has 1 N–H and O–H groups in total. The third-order valence-corrected chi connectivity index (χ3v) is 2.40. The lowest BCUT2D eigenvalue weighted by atomic mass is 10.0. The van der Waals surface area contributed by atoms with Crippen molar-refractivity contribution in [2.45, 2.75) is 0 Å². The molecule has 7 heteroatoms. The van der Waals surface area contributed by atoms with Crippen LogP contribution in [0.25, 0.3) is 0 Å². The van der Waals surface area contributed by atoms with E-state index in [2.05, 4.69) is 15.3 Å². The van der Waals surface area contributed by atoms with Crippen molar-refractivity contribution in [1.29, 1.82) is 0 Å². The van der Waals surface area contributed by atoms with Gasteiger partial charge in [0.15, 0.2) is 0 Å². The number of aromatic nitrogens is 2. The SMILES string of the molecule is CN(C)CC(=O)NC1=CC(=O)c2nccnc2C1=O. The smallest absolute Gasteiger partial charge is 0.238 e. The lowest BCUT2D eigenvalue weighted by Gasteiger charge is -2.15. The molecule has 1 amide bonds. The Morgan fingerprint density at radius 1 is 1.21 bits per heavy atom. The maximum absolute atomic E-state index is 12.0. The predicted octanol–water partition coefficient (Wildman–Crippen LogP) is -0.583. The van der Waals surface area contributed by atoms with Gasteiger partial charge >= 0.3 is 0 Å². The van der Waals surface area contributed by atoms with E-state index in [1.165, 1.54) is 12.4 Å². The maximum Gasteiger partial charge on any atom is 0.238 e. The number of carbonyl (C=O) groups excluding carboxylic acids is 3. The molecule has 1 aromatic heterocycles. The number of Topliss-reactive ketones (excluding diaryl/α,β-unsaturated/α-hetero) is 1. The topological polar surface area (TPSA) is 92.3 Å². The van der Waals surface area contributed by atoms with E-state index in [9.17, 15) is 14.4 Å². The van der Waals surface area contributed by atoms with Crippen LogP contribution in [-0.4, -0.2) is 53.0 Å². The van der Waals surface area contributed by atoms with Crippen molar-refractivity contribution in [3.63, 3.8) is 0 Å². The van der Waals surface area contributed by atoms with Crippen LogP contribution in [0, 0.1) is 0 Å². The third-order valence-electron chi connectivity index (χ3n) is 2.40. The Labute approximate surface area is 109 Å². The molecule has 2 rings (SSSR count). The minimum absolute atomic E-state index is 0.0121. The van der Waals surface area contributed by atoms with E-state index in [0.29, 0.717) is 0 Å². The van der Waals surface area contributed by atoms with Crippen molar-refractivity contribution < 1.29 is 14.4 Å². The molecule has 98 valence electrons. The van der Waals surface area contributed by atoms with Gasteiger partial charge in [-0.05, 0) is 14.1 Å². The van der Waals surface area contributed by atoms with Crippen LogP contribution in [0.2, 0.25) is 0 Å². The normalized spacial score (nSPS) is 14.2. The van der Waals surface area contributed by atoms with Gasteiger partial charge in [0.2, 0.25) is 17.5 Å². The van der Waals surface area contributed by atoms with Crippen LogP contribution in [0.5, 0.6) is 0 Å². The zero-order valence-electron chi connectivity index (χ0n) is 10.5. The first-order valence-electron chi connectivity index (χ1n) is 5.55. The number of nitrogens with zero attached hydrogens (tertiary/aromatic N) is 3. The van der Waals surface area contributed by atoms with Gasteiger partial charge < -0.3 is 10.2 Å². The van der Waals surface area contributed by atoms with Gasteiger partial charge in [0.05, 0.1) is 12.2 Å². The molecular weight excluding hydrogens is 248 g/mol. The van der Waals surface area contributed by atoms with Crippen LogP contribution in [0.1, 0.15) is 21.0 Å². The van der Waals surface area contributed by atoms with Gasteiger partial charge in [-0.25, -0.2) is 9.97 Å². The minimum Gasteiger partial charge on any atom is -0.321 e. The molecule has 0 atom stereocenters. The number of ketones is 2. The Hall–Kier alpha value is -2.41. The summed E-state index contributed by atoms with van der Waals surface area (Å²) in [7, 11) is 3.45. The van der Waals surface area contributed by atoms with E-state index in [4.69, 9.17) is 0 Å². The Morgan fingerprint density at radius 3 is 2.47 bits per heavy atom. The second kappa shape index (κ2) is 5.07. The lowest BCUT2D eigenvalue weighted by molar-refractivity contribution is -0.120. The van der Waals surface area contributed by atoms with Crippen molar-refractivity contribution in [3.05, 3.63) is 35.6 Å². The number of hydrogen-bond acceptors (Lipinski definition) is 6. The molecule has 19 heavy (non-hydrogen) atoms. The predicted molar refractivity (Wildman–Crippen MR) is 65.5 cm³/mol. The highest BCUT2D eigenvalue weighted by atomic mass is 16.2. The van der Waals surface area contributed by atoms with Gasteiger partial charge in [-0.1, -0.05) is 0 Å². The van der Waals surface area contributed by atoms with Crippen LogP contribution in [0.4, 0.5) is 0 Å². The summed E-state index contributed by atoms with van der Waals surface area (Å²) < 4.78 is 0. The number of rotatable bonds is 3. The first kappa shape index (κ1) is 13.0. The van der Waals surface area contributed by atoms with E-state index < -0.39 is 11.6 Å². The summed E-state index contributed by atoms with van der Waals surface area (Å²) >= 11 is 0. The molecule has 0 unspecified atom stereocenters. The number of amides is 1. The van der Waals surface area contributed by atoms with Crippen molar-refractivity contribution in [2.24, 2.45) is 0 Å². The van der Waals surface area contributed by atoms with Crippen molar-refractivity contribution >= 4 is 17.5 Å². The van der Waals surface area contributed by atoms with E-state index >= 15 is 0 Å². The standard InChI is InChI=1S/C12H12N4O3/c1-16(2)6-9(18)15-7-5-8(17)10-11(12(7)19)14-4-3-13-10/h3-5H,6H2,1-2H3,(H,15,18). The first-order valence-corrected chi connectivity index (χ1v) is 5.55. The molecule has 1 heterocycles. The van der Waals surface area contributed by atoms with E-state index in [0.717, 1.165) is 6.08 Å². The number of likely N-dealkylation sites (N-methyl/N-ethyl adjacent to an activating group) is 1. The van der Waals surface area contributed by atoms with Crippen molar-refractivity contribution in [1.82, 2.24) is 20.2 Å². The summed E-state index contributed by atoms with van der Waals surface area (Å²) in [5, 5.41) is 2.41. The van der Waals surface area contributed by atoms with Crippen molar-refractivity contribution in [2.75, 3.05) is 20.6 Å². The Kier molecular flexibility index (Phi) is 3.48. The van der Waals surface area contributed by atoms with E-state index in [-0.39, 0.29) is 29.5 Å². The largest absolute Gasteiger partial charge is 0.321 e. The molecular formula is C12H12N4O3. The molecule has 0 bridgehead atoms. The van der Waals surface area contributed by atoms with Gasteiger partial charge in [-0.2, -0.15) is 0 Å². The van der Waals surface area contributed by atoms with Gasteiger partial charge in [0.25, 0.3) is 0 Å². The maximum atomic E-state index is 12.0. The highest BCUT2D eigenvalue weighted by Crippen LogP contribution is 2.15. The van der Waals surface area contributed by atoms with Crippen LogP contribution >= 0.6 is 0 Å². The van der Waals surface area contributed by atoms with Crippen LogP contribution in [0.15, 0.2) is 24.2 Å². The number of nitrogens with one attached hydrogen (secondary N) is 1. The highest BCUT2D eigenvalue weighted by molar-refractivity contribution is 6.23. The Balaban J connectivity index is 2.23. The molecule has 1 aliphatic rings. The molecule has 1 aliphatic carbocycles. The summed E-state index contributed by atoms with van der Waals surface area (Å²) in [6.07, 6.45) is 3.75. The third kappa shape index (κ3) is 2.71. The number of carbonyl (C=O) groups is 3. The molecule has 0 aromatic carbocycles. The van der Waals surface area contributed by atoms with E-state index in [1.54, 1.807) is 19.0 Å². The highest BCUT2D eigenvalue weighted by Gasteiger charge is 2.28. The molecule has 1 aromatic rings. The zero-order valence-corrected chi connectivity index (χ0v) is 10.5. The molecule has 0 saturated heterocycles. The number of hydrogen-bond donors (Lipinski definition) is 1.